The summed E-state index contributed by atoms with van der Waals surface area (Å²) in [5.41, 5.74) is 2.59. The zero-order valence-corrected chi connectivity index (χ0v) is 10.4. The lowest BCUT2D eigenvalue weighted by molar-refractivity contribution is 0.0699. The minimum atomic E-state index is -0.973. The third-order valence-electron chi connectivity index (χ3n) is 2.76. The fourth-order valence-corrected chi connectivity index (χ4v) is 2.09. The summed E-state index contributed by atoms with van der Waals surface area (Å²) in [6, 6.07) is 5.15. The quantitative estimate of drug-likeness (QED) is 0.887. The Morgan fingerprint density at radius 1 is 1.47 bits per heavy atom. The van der Waals surface area contributed by atoms with Crippen molar-refractivity contribution in [1.29, 1.82) is 0 Å². The first kappa shape index (κ1) is 11.9. The number of carboxylic acids is 1. The Bertz CT molecular complexity index is 608. The van der Waals surface area contributed by atoms with E-state index >= 15 is 0 Å². The van der Waals surface area contributed by atoms with E-state index in [1.54, 1.807) is 12.1 Å². The first-order valence-electron chi connectivity index (χ1n) is 5.36. The first-order chi connectivity index (χ1) is 8.04. The van der Waals surface area contributed by atoms with Crippen LogP contribution >= 0.6 is 11.6 Å². The smallest absolute Gasteiger partial charge is 0.336 e. The molecule has 0 fully saturated rings. The standard InChI is InChI=1S/C13H12ClNO2/c1-3-8-6-9(13(16)17)11-10(14)5-4-7(2)12(11)15-8/h4-6H,3H2,1-2H3,(H,16,17). The number of fused-ring (bicyclic) bond motifs is 1. The lowest BCUT2D eigenvalue weighted by Gasteiger charge is -2.09. The van der Waals surface area contributed by atoms with Crippen LogP contribution in [0.15, 0.2) is 18.2 Å². The van der Waals surface area contributed by atoms with Gasteiger partial charge in [0.05, 0.1) is 16.1 Å². The molecule has 0 amide bonds. The van der Waals surface area contributed by atoms with Gasteiger partial charge in [-0.25, -0.2) is 4.79 Å². The number of aryl methyl sites for hydroxylation is 2. The molecule has 0 aliphatic carbocycles. The normalized spacial score (nSPS) is 10.8. The molecule has 0 spiro atoms. The second kappa shape index (κ2) is 4.34. The molecule has 1 aromatic heterocycles. The first-order valence-corrected chi connectivity index (χ1v) is 5.74. The van der Waals surface area contributed by atoms with Crippen molar-refractivity contribution in [3.63, 3.8) is 0 Å². The molecule has 0 aliphatic heterocycles. The molecule has 2 rings (SSSR count). The van der Waals surface area contributed by atoms with Crippen molar-refractivity contribution in [3.8, 4) is 0 Å². The van der Waals surface area contributed by atoms with E-state index in [1.807, 2.05) is 19.9 Å². The Hall–Kier alpha value is -1.61. The van der Waals surface area contributed by atoms with E-state index in [1.165, 1.54) is 0 Å². The molecular weight excluding hydrogens is 238 g/mol. The molecule has 0 atom stereocenters. The van der Waals surface area contributed by atoms with Gasteiger partial charge < -0.3 is 5.11 Å². The highest BCUT2D eigenvalue weighted by molar-refractivity contribution is 6.36. The number of aromatic nitrogens is 1. The molecule has 1 N–H and O–H groups in total. The van der Waals surface area contributed by atoms with E-state index < -0.39 is 5.97 Å². The Balaban J connectivity index is 2.95. The number of benzene rings is 1. The number of pyridine rings is 1. The number of hydrogen-bond acceptors (Lipinski definition) is 2. The minimum absolute atomic E-state index is 0.223. The van der Waals surface area contributed by atoms with Crippen LogP contribution in [-0.2, 0) is 6.42 Å². The van der Waals surface area contributed by atoms with E-state index in [2.05, 4.69) is 4.98 Å². The van der Waals surface area contributed by atoms with Crippen LogP contribution in [0.1, 0.15) is 28.5 Å². The van der Waals surface area contributed by atoms with Crippen molar-refractivity contribution >= 4 is 28.5 Å². The summed E-state index contributed by atoms with van der Waals surface area (Å²) in [5, 5.41) is 10.2. The Morgan fingerprint density at radius 3 is 2.76 bits per heavy atom. The predicted molar refractivity (Wildman–Crippen MR) is 67.8 cm³/mol. The molecule has 2 aromatic rings. The molecule has 0 saturated carbocycles. The fraction of sp³-hybridized carbons (Fsp3) is 0.231. The van der Waals surface area contributed by atoms with Crippen LogP contribution in [0.2, 0.25) is 5.02 Å². The van der Waals surface area contributed by atoms with Crippen LogP contribution in [0.25, 0.3) is 10.9 Å². The second-order valence-electron chi connectivity index (χ2n) is 3.91. The van der Waals surface area contributed by atoms with Gasteiger partial charge in [-0.2, -0.15) is 0 Å². The molecule has 1 aromatic carbocycles. The highest BCUT2D eigenvalue weighted by Crippen LogP contribution is 2.29. The topological polar surface area (TPSA) is 50.2 Å². The summed E-state index contributed by atoms with van der Waals surface area (Å²) >= 11 is 6.07. The molecular formula is C13H12ClNO2. The van der Waals surface area contributed by atoms with Gasteiger partial charge in [-0.1, -0.05) is 24.6 Å². The van der Waals surface area contributed by atoms with Crippen LogP contribution < -0.4 is 0 Å². The number of carbonyl (C=O) groups is 1. The summed E-state index contributed by atoms with van der Waals surface area (Å²) in [6.45, 7) is 3.84. The minimum Gasteiger partial charge on any atom is -0.478 e. The van der Waals surface area contributed by atoms with E-state index in [4.69, 9.17) is 11.6 Å². The zero-order valence-electron chi connectivity index (χ0n) is 9.62. The zero-order chi connectivity index (χ0) is 12.6. The van der Waals surface area contributed by atoms with Crippen LogP contribution in [0.5, 0.6) is 0 Å². The van der Waals surface area contributed by atoms with Crippen molar-refractivity contribution in [3.05, 3.63) is 40.0 Å². The van der Waals surface area contributed by atoms with Gasteiger partial charge in [0.1, 0.15) is 0 Å². The molecule has 0 radical (unpaired) electrons. The maximum Gasteiger partial charge on any atom is 0.336 e. The number of aromatic carboxylic acids is 1. The summed E-state index contributed by atoms with van der Waals surface area (Å²) in [5.74, 6) is -0.973. The third-order valence-corrected chi connectivity index (χ3v) is 3.07. The summed E-state index contributed by atoms with van der Waals surface area (Å²) in [4.78, 5) is 15.7. The van der Waals surface area contributed by atoms with Crippen molar-refractivity contribution in [2.45, 2.75) is 20.3 Å². The molecule has 0 saturated heterocycles. The molecule has 88 valence electrons. The van der Waals surface area contributed by atoms with Gasteiger partial charge in [0.15, 0.2) is 0 Å². The van der Waals surface area contributed by atoms with Crippen molar-refractivity contribution in [1.82, 2.24) is 4.98 Å². The van der Waals surface area contributed by atoms with Gasteiger partial charge in [0.25, 0.3) is 0 Å². The summed E-state index contributed by atoms with van der Waals surface area (Å²) < 4.78 is 0. The van der Waals surface area contributed by atoms with Crippen molar-refractivity contribution in [2.24, 2.45) is 0 Å². The van der Waals surface area contributed by atoms with Gasteiger partial charge >= 0.3 is 5.97 Å². The SMILES string of the molecule is CCc1cc(C(=O)O)c2c(Cl)ccc(C)c2n1. The number of halogens is 1. The lowest BCUT2D eigenvalue weighted by Crippen LogP contribution is -2.02. The molecule has 3 nitrogen and oxygen atoms in total. The number of nitrogens with zero attached hydrogens (tertiary/aromatic N) is 1. The highest BCUT2D eigenvalue weighted by Gasteiger charge is 2.15. The number of rotatable bonds is 2. The molecule has 0 unspecified atom stereocenters. The van der Waals surface area contributed by atoms with Gasteiger partial charge in [-0.3, -0.25) is 4.98 Å². The molecule has 0 bridgehead atoms. The van der Waals surface area contributed by atoms with Gasteiger partial charge in [-0.15, -0.1) is 0 Å². The van der Waals surface area contributed by atoms with Gasteiger partial charge in [0, 0.05) is 11.1 Å². The number of hydrogen-bond donors (Lipinski definition) is 1. The lowest BCUT2D eigenvalue weighted by atomic mass is 10.0. The van der Waals surface area contributed by atoms with Gasteiger partial charge in [0.2, 0.25) is 0 Å². The molecule has 17 heavy (non-hydrogen) atoms. The van der Waals surface area contributed by atoms with E-state index in [0.29, 0.717) is 22.3 Å². The average Bonchev–Trinajstić information content (AvgIpc) is 2.32. The Labute approximate surface area is 104 Å². The van der Waals surface area contributed by atoms with Gasteiger partial charge in [-0.05, 0) is 31.0 Å². The van der Waals surface area contributed by atoms with E-state index in [0.717, 1.165) is 11.3 Å². The van der Waals surface area contributed by atoms with Crippen molar-refractivity contribution in [2.75, 3.05) is 0 Å². The van der Waals surface area contributed by atoms with Crippen LogP contribution in [-0.4, -0.2) is 16.1 Å². The average molecular weight is 250 g/mol. The monoisotopic (exact) mass is 249 g/mol. The Kier molecular flexibility index (Phi) is 3.03. The van der Waals surface area contributed by atoms with Crippen LogP contribution in [0.3, 0.4) is 0 Å². The maximum absolute atomic E-state index is 11.3. The van der Waals surface area contributed by atoms with E-state index in [9.17, 15) is 9.90 Å². The highest BCUT2D eigenvalue weighted by atomic mass is 35.5. The summed E-state index contributed by atoms with van der Waals surface area (Å²) in [7, 11) is 0. The van der Waals surface area contributed by atoms with Crippen LogP contribution in [0.4, 0.5) is 0 Å². The Morgan fingerprint density at radius 2 is 2.18 bits per heavy atom. The number of carboxylic acid groups (broad SMARTS) is 1. The maximum atomic E-state index is 11.3. The molecule has 1 heterocycles. The third kappa shape index (κ3) is 1.98. The van der Waals surface area contributed by atoms with Crippen molar-refractivity contribution < 1.29 is 9.90 Å². The predicted octanol–water partition coefficient (Wildman–Crippen LogP) is 3.46. The molecule has 0 aliphatic rings. The van der Waals surface area contributed by atoms with Crippen LogP contribution in [0, 0.1) is 6.92 Å². The second-order valence-corrected chi connectivity index (χ2v) is 4.31. The van der Waals surface area contributed by atoms with E-state index in [-0.39, 0.29) is 5.56 Å². The molecule has 4 heteroatoms. The summed E-state index contributed by atoms with van der Waals surface area (Å²) in [6.07, 6.45) is 0.697. The largest absolute Gasteiger partial charge is 0.478 e. The fourth-order valence-electron chi connectivity index (χ4n) is 1.84.